The van der Waals surface area contributed by atoms with E-state index in [-0.39, 0.29) is 92.2 Å². The number of benzene rings is 3. The molecule has 12 N–H and O–H groups in total. The highest BCUT2D eigenvalue weighted by Crippen LogP contribution is 2.67. The molecule has 5 aliphatic carbocycles. The normalized spacial score (nSPS) is 28.9. The maximum Gasteiger partial charge on any atom is 0.407 e. The Balaban J connectivity index is 0.779. The van der Waals surface area contributed by atoms with Crippen molar-refractivity contribution in [2.75, 3.05) is 44.2 Å². The average molecular weight is 1950 g/mol. The number of ether oxygens (including phenoxy) is 2. The van der Waals surface area contributed by atoms with Crippen molar-refractivity contribution in [3.05, 3.63) is 144 Å². The monoisotopic (exact) mass is 1950 g/mol. The summed E-state index contributed by atoms with van der Waals surface area (Å²) in [5.74, 6) is -7.31. The quantitative estimate of drug-likeness (QED) is 0.00759. The second-order valence-electron chi connectivity index (χ2n) is 42.4. The van der Waals surface area contributed by atoms with Gasteiger partial charge >= 0.3 is 12.1 Å². The Hall–Kier alpha value is -10.5. The molecule has 139 heavy (non-hydrogen) atoms. The number of esters is 1. The Morgan fingerprint density at radius 2 is 1.42 bits per heavy atom. The van der Waals surface area contributed by atoms with Gasteiger partial charge in [0.15, 0.2) is 18.2 Å². The van der Waals surface area contributed by atoms with Gasteiger partial charge in [-0.2, -0.15) is 0 Å². The lowest BCUT2D eigenvalue weighted by molar-refractivity contribution is -0.671. The lowest BCUT2D eigenvalue weighted by atomic mass is 9.47. The molecule has 4 aromatic rings. The van der Waals surface area contributed by atoms with E-state index in [0.29, 0.717) is 96.8 Å². The summed E-state index contributed by atoms with van der Waals surface area (Å²) in [6, 6.07) is 8.08. The minimum Gasteiger partial charge on any atom is -0.508 e. The number of Topliss-reactive ketones (excluding diaryl/α,β-unsaturated/α-hetero) is 1. The van der Waals surface area contributed by atoms with Crippen LogP contribution in [0.1, 0.15) is 220 Å². The zero-order valence-corrected chi connectivity index (χ0v) is 84.4. The minimum absolute atomic E-state index is 0.0160. The van der Waals surface area contributed by atoms with E-state index < -0.39 is 174 Å². The number of carbonyl (C=O) groups is 13. The van der Waals surface area contributed by atoms with Crippen molar-refractivity contribution in [1.29, 1.82) is 0 Å². The average Bonchev–Trinajstić information content (AvgIpc) is 1.64. The number of hydrogen-bond acceptors (Lipinski definition) is 21. The van der Waals surface area contributed by atoms with Gasteiger partial charge in [-0.05, 0) is 216 Å². The molecule has 31 nitrogen and oxygen atoms in total. The molecule has 5 heterocycles. The fourth-order valence-electron chi connectivity index (χ4n) is 23.0. The fourth-order valence-corrected chi connectivity index (χ4v) is 25.4. The molecular formula is C106H147N14O17S2+. The van der Waals surface area contributed by atoms with Crippen molar-refractivity contribution in [3.8, 4) is 5.75 Å². The third-order valence-corrected chi connectivity index (χ3v) is 33.0. The topological polar surface area (TPSA) is 424 Å². The van der Waals surface area contributed by atoms with Crippen LogP contribution in [0.15, 0.2) is 132 Å². The van der Waals surface area contributed by atoms with Crippen LogP contribution in [-0.4, -0.2) is 232 Å². The van der Waals surface area contributed by atoms with Gasteiger partial charge in [0.05, 0.1) is 30.8 Å². The lowest BCUT2D eigenvalue weighted by Crippen LogP contribution is -2.61. The Bertz CT molecular complexity index is 5210. The summed E-state index contributed by atoms with van der Waals surface area (Å²) in [4.78, 5) is 202. The minimum atomic E-state index is -1.75. The highest BCUT2D eigenvalue weighted by Gasteiger charge is 2.60. The summed E-state index contributed by atoms with van der Waals surface area (Å²) in [5.41, 5.74) is 2.24. The van der Waals surface area contributed by atoms with Gasteiger partial charge in [0.1, 0.15) is 84.9 Å². The number of aliphatic imine (C=N–C) groups is 1. The van der Waals surface area contributed by atoms with Gasteiger partial charge in [0.25, 0.3) is 5.91 Å². The number of unbranched alkanes of at least 4 members (excludes halogenated alkanes) is 1. The maximum absolute atomic E-state index is 16.0. The standard InChI is InChI=1S/C106H146N14O17S2/c1-62(2)23-19-24-64(5)77-41-42-78-76-40-37-72-55-74(43-45-105(72,10)79(76)44-46-106(77,78)11)136-90(124)58-110-99(131)92(65(6)121)117-97(129)86-61-139-138-60-85(114-95(127)84(53-67-33-36-68-25-13-14-26-69(68)51-67)113-98(130)87-31-21-49-119(87)102(134)88-32-22-50-120(88)101(133)70-27-20-48-118(12)59-70)96(128)112-83(52-66-34-38-73(122)39-35-66)94(126)111-82(54-71-56-108-80-29-16-15-28-75(71)80)89(123)57-109-81(93(125)116-91(63(3)4)100(132)115-86)30-17-18-47-107-103(135)137-104(7,8)9/h13-16,20,25-29,33-39,48,51,56,59,62-65,71,74-88,91-92,109,121H,17-19,21-24,30-32,40-47,49-50,52-55,57-58,60-61H2,1-12H3,(H9-,107,110,111,112,113,114,115,116,117,122,125,126,127,128,129,130,131,132,135)/p+1. The number of phenols is 1. The number of nitrogens with one attached hydrogen (secondary N) is 10. The summed E-state index contributed by atoms with van der Waals surface area (Å²) in [5, 5.41) is 52.2. The number of carbonyl (C=O) groups excluding carboxylic acids is 13. The van der Waals surface area contributed by atoms with Crippen LogP contribution >= 0.6 is 21.6 Å². The number of aliphatic hydroxyl groups excluding tert-OH is 1. The number of phenolic OH excluding ortho intramolecular Hbond substituents is 1. The molecule has 13 rings (SSSR count). The number of aromatic nitrogens is 1. The van der Waals surface area contributed by atoms with Gasteiger partial charge in [-0.25, -0.2) is 9.36 Å². The Morgan fingerprint density at radius 1 is 0.698 bits per heavy atom. The molecular weight excluding hydrogens is 1810 g/mol. The smallest absolute Gasteiger partial charge is 0.407 e. The van der Waals surface area contributed by atoms with Crippen LogP contribution in [0.25, 0.3) is 10.8 Å². The molecule has 22 atom stereocenters. The number of likely N-dealkylation sites (tertiary alicyclic amines) is 2. The number of rotatable bonds is 30. The highest BCUT2D eigenvalue weighted by atomic mass is 33.1. The number of nitrogens with zero attached hydrogens (tertiary/aromatic N) is 4. The predicted octanol–water partition coefficient (Wildman–Crippen LogP) is 9.77. The zero-order valence-electron chi connectivity index (χ0n) is 82.7. The SMILES string of the molecule is CC(C)CCCC(C)C1CCC2C3CC=C4CC(OC(=O)CNC(=O)C(NC(=O)C5CSSCC(NC(=O)C(Cc6ccc7ccccc7c6)NC(=O)C6CCCN6C(=O)C6CCCN6C(=O)c6ccc[n+](C)c6)C(=O)NC(Cc6ccc(O)cc6)C(=O)NC(CC6C=NC7C=CC=CC67)C(=O)CNC(CCCCNC(=O)OC(C)(C)C)C(=O)NC(C(C)C)C(=O)N5)C(C)O)CCC4(C)C3CCC12C. The number of pyridine rings is 1. The molecule has 33 heteroatoms. The van der Waals surface area contributed by atoms with Gasteiger partial charge in [-0.3, -0.25) is 67.8 Å². The van der Waals surface area contributed by atoms with E-state index >= 15 is 38.4 Å². The largest absolute Gasteiger partial charge is 0.508 e. The van der Waals surface area contributed by atoms with Crippen LogP contribution in [0.4, 0.5) is 4.79 Å². The maximum atomic E-state index is 16.0. The summed E-state index contributed by atoms with van der Waals surface area (Å²) < 4.78 is 13.4. The van der Waals surface area contributed by atoms with E-state index in [1.807, 2.05) is 60.7 Å². The second kappa shape index (κ2) is 47.8. The van der Waals surface area contributed by atoms with Crippen LogP contribution in [0.2, 0.25) is 0 Å². The van der Waals surface area contributed by atoms with Gasteiger partial charge in [0, 0.05) is 74.5 Å². The molecule has 754 valence electrons. The number of fused-ring (bicyclic) bond motifs is 7. The summed E-state index contributed by atoms with van der Waals surface area (Å²) in [6.45, 7) is 21.4. The van der Waals surface area contributed by atoms with Crippen molar-refractivity contribution >= 4 is 115 Å². The molecule has 0 radical (unpaired) electrons. The Morgan fingerprint density at radius 3 is 2.16 bits per heavy atom. The number of amides is 11. The number of alkyl carbamates (subject to hydrolysis) is 1. The van der Waals surface area contributed by atoms with Crippen LogP contribution in [0, 0.1) is 64.1 Å². The number of ketones is 1. The first-order valence-electron chi connectivity index (χ1n) is 50.5. The zero-order chi connectivity index (χ0) is 99.7. The predicted molar refractivity (Wildman–Crippen MR) is 534 cm³/mol. The number of aliphatic hydroxyl groups is 1. The molecule has 9 aliphatic rings. The molecule has 11 amide bonds. The number of allylic oxidation sites excluding steroid dienone is 3. The Labute approximate surface area is 825 Å². The van der Waals surface area contributed by atoms with Gasteiger partial charge < -0.3 is 77.3 Å². The van der Waals surface area contributed by atoms with Crippen molar-refractivity contribution in [2.24, 2.45) is 76.1 Å². The third-order valence-electron chi connectivity index (χ3n) is 30.5. The summed E-state index contributed by atoms with van der Waals surface area (Å²) >= 11 is 0. The number of hydrogen-bond donors (Lipinski definition) is 12. The molecule has 22 unspecified atom stereocenters. The molecule has 6 fully saturated rings. The fraction of sp³-hybridized carbons (Fsp3) is 0.613. The van der Waals surface area contributed by atoms with Crippen LogP contribution in [-0.2, 0) is 82.1 Å². The van der Waals surface area contributed by atoms with E-state index in [1.165, 1.54) is 74.5 Å². The summed E-state index contributed by atoms with van der Waals surface area (Å²) in [7, 11) is 3.67. The number of aryl methyl sites for hydroxylation is 1. The first-order valence-corrected chi connectivity index (χ1v) is 53.0. The highest BCUT2D eigenvalue weighted by molar-refractivity contribution is 8.76. The van der Waals surface area contributed by atoms with E-state index in [9.17, 15) is 34.2 Å². The molecule has 3 saturated heterocycles. The van der Waals surface area contributed by atoms with Crippen molar-refractivity contribution < 1.29 is 86.6 Å². The van der Waals surface area contributed by atoms with E-state index in [2.05, 4.69) is 93.9 Å². The van der Waals surface area contributed by atoms with Crippen molar-refractivity contribution in [3.63, 3.8) is 0 Å². The third kappa shape index (κ3) is 27.2. The molecule has 1 aromatic heterocycles. The Kier molecular flexibility index (Phi) is 36.4. The summed E-state index contributed by atoms with van der Waals surface area (Å²) in [6.07, 6.45) is 26.1. The number of aromatic hydroxyl groups is 1. The molecule has 4 aliphatic heterocycles. The van der Waals surface area contributed by atoms with Crippen molar-refractivity contribution in [1.82, 2.24) is 63.0 Å². The van der Waals surface area contributed by atoms with Crippen LogP contribution < -0.4 is 57.7 Å². The molecule has 0 spiro atoms. The van der Waals surface area contributed by atoms with E-state index in [1.54, 1.807) is 100 Å². The van der Waals surface area contributed by atoms with Crippen molar-refractivity contribution in [2.45, 2.75) is 295 Å². The molecule has 3 aromatic carbocycles. The van der Waals surface area contributed by atoms with Gasteiger partial charge in [0.2, 0.25) is 53.2 Å². The van der Waals surface area contributed by atoms with Crippen LogP contribution in [0.3, 0.4) is 0 Å². The van der Waals surface area contributed by atoms with E-state index in [4.69, 9.17) is 14.5 Å². The second-order valence-corrected chi connectivity index (χ2v) is 45.0. The van der Waals surface area contributed by atoms with Crippen LogP contribution in [0.5, 0.6) is 5.75 Å². The van der Waals surface area contributed by atoms with E-state index in [0.717, 1.165) is 51.1 Å². The van der Waals surface area contributed by atoms with Gasteiger partial charge in [-0.1, -0.05) is 180 Å². The lowest BCUT2D eigenvalue weighted by Gasteiger charge is -2.58. The first-order chi connectivity index (χ1) is 66.3. The first kappa shape index (κ1) is 106. The molecule has 3 saturated carbocycles. The molecule has 0 bridgehead atoms. The van der Waals surface area contributed by atoms with Gasteiger partial charge in [-0.15, -0.1) is 0 Å².